The molecule has 2 amide bonds. The zero-order valence-corrected chi connectivity index (χ0v) is 12.9. The number of aromatic nitrogens is 1. The molecule has 0 aliphatic carbocycles. The Morgan fingerprint density at radius 1 is 1.26 bits per heavy atom. The van der Waals surface area contributed by atoms with Crippen molar-refractivity contribution in [2.24, 2.45) is 10.8 Å². The number of para-hydroxylation sites is 1. The van der Waals surface area contributed by atoms with Gasteiger partial charge < -0.3 is 10.3 Å². The number of benzene rings is 1. The first kappa shape index (κ1) is 15.0. The molecule has 7 heteroatoms. The van der Waals surface area contributed by atoms with Crippen molar-refractivity contribution in [2.75, 3.05) is 0 Å². The lowest BCUT2D eigenvalue weighted by molar-refractivity contribution is -0.118. The van der Waals surface area contributed by atoms with Gasteiger partial charge in [-0.15, -0.1) is 11.3 Å². The number of fused-ring (bicyclic) bond motifs is 1. The molecule has 3 aromatic rings. The molecule has 0 aliphatic rings. The molecular weight excluding hydrogens is 312 g/mol. The zero-order valence-electron chi connectivity index (χ0n) is 12.1. The molecule has 0 bridgehead atoms. The minimum absolute atomic E-state index is 0.0932. The first-order valence-electron chi connectivity index (χ1n) is 6.88. The van der Waals surface area contributed by atoms with Crippen molar-refractivity contribution < 1.29 is 9.59 Å². The van der Waals surface area contributed by atoms with Crippen LogP contribution < -0.4 is 11.2 Å². The minimum atomic E-state index is -0.416. The van der Waals surface area contributed by atoms with Crippen LogP contribution in [-0.4, -0.2) is 22.6 Å². The average Bonchev–Trinajstić information content (AvgIpc) is 3.16. The maximum absolute atomic E-state index is 11.8. The summed E-state index contributed by atoms with van der Waals surface area (Å²) in [5.41, 5.74) is 9.44. The van der Waals surface area contributed by atoms with Gasteiger partial charge >= 0.3 is 0 Å². The van der Waals surface area contributed by atoms with Gasteiger partial charge in [-0.3, -0.25) is 9.59 Å². The van der Waals surface area contributed by atoms with Crippen LogP contribution in [0.15, 0.2) is 53.1 Å². The van der Waals surface area contributed by atoms with Crippen LogP contribution in [0.1, 0.15) is 15.2 Å². The summed E-state index contributed by atoms with van der Waals surface area (Å²) >= 11 is 1.35. The van der Waals surface area contributed by atoms with E-state index in [1.54, 1.807) is 29.1 Å². The van der Waals surface area contributed by atoms with E-state index in [9.17, 15) is 9.59 Å². The van der Waals surface area contributed by atoms with E-state index in [-0.39, 0.29) is 12.5 Å². The number of carbonyl (C=O) groups excluding carboxylic acids is 2. The maximum Gasteiger partial charge on any atom is 0.281 e. The van der Waals surface area contributed by atoms with Crippen LogP contribution in [0, 0.1) is 0 Å². The van der Waals surface area contributed by atoms with Gasteiger partial charge in [0.1, 0.15) is 6.54 Å². The van der Waals surface area contributed by atoms with E-state index in [1.165, 1.54) is 11.3 Å². The standard InChI is InChI=1S/C16H14N4O2S/c17-15(21)10-20-9-11(12-4-1-2-5-13(12)20)8-18-19-16(22)14-6-3-7-23-14/h1-9H,10H2,(H2,17,21)(H,19,22). The van der Waals surface area contributed by atoms with E-state index >= 15 is 0 Å². The molecule has 0 aliphatic heterocycles. The van der Waals surface area contributed by atoms with Gasteiger partial charge in [0, 0.05) is 22.7 Å². The van der Waals surface area contributed by atoms with Crippen molar-refractivity contribution in [3.8, 4) is 0 Å². The molecule has 6 nitrogen and oxygen atoms in total. The number of nitrogens with two attached hydrogens (primary N) is 1. The molecule has 0 saturated heterocycles. The third kappa shape index (κ3) is 3.29. The molecule has 116 valence electrons. The van der Waals surface area contributed by atoms with Crippen molar-refractivity contribution >= 4 is 40.3 Å². The maximum atomic E-state index is 11.8. The summed E-state index contributed by atoms with van der Waals surface area (Å²) in [6.07, 6.45) is 3.35. The van der Waals surface area contributed by atoms with Crippen LogP contribution >= 0.6 is 11.3 Å². The van der Waals surface area contributed by atoms with Gasteiger partial charge in [0.2, 0.25) is 5.91 Å². The highest BCUT2D eigenvalue weighted by molar-refractivity contribution is 7.12. The lowest BCUT2D eigenvalue weighted by atomic mass is 10.2. The lowest BCUT2D eigenvalue weighted by Gasteiger charge is -2.00. The van der Waals surface area contributed by atoms with Crippen molar-refractivity contribution in [3.63, 3.8) is 0 Å². The van der Waals surface area contributed by atoms with Crippen LogP contribution in [0.25, 0.3) is 10.9 Å². The Kier molecular flexibility index (Phi) is 4.20. The van der Waals surface area contributed by atoms with E-state index in [0.717, 1.165) is 16.5 Å². The highest BCUT2D eigenvalue weighted by atomic mass is 32.1. The normalized spacial score (nSPS) is 11.1. The number of rotatable bonds is 5. The van der Waals surface area contributed by atoms with E-state index in [1.807, 2.05) is 29.6 Å². The molecule has 23 heavy (non-hydrogen) atoms. The number of thiophene rings is 1. The van der Waals surface area contributed by atoms with Crippen molar-refractivity contribution in [3.05, 3.63) is 58.4 Å². The quantitative estimate of drug-likeness (QED) is 0.554. The molecule has 0 unspecified atom stereocenters. The third-order valence-corrected chi connectivity index (χ3v) is 4.13. The average molecular weight is 326 g/mol. The predicted octanol–water partition coefficient (Wildman–Crippen LogP) is 1.95. The van der Waals surface area contributed by atoms with Crippen LogP contribution in [-0.2, 0) is 11.3 Å². The summed E-state index contributed by atoms with van der Waals surface area (Å²) in [6, 6.07) is 11.2. The topological polar surface area (TPSA) is 89.5 Å². The monoisotopic (exact) mass is 326 g/mol. The summed E-state index contributed by atoms with van der Waals surface area (Å²) in [5.74, 6) is -0.669. The Morgan fingerprint density at radius 2 is 2.09 bits per heavy atom. The Balaban J connectivity index is 1.83. The summed E-state index contributed by atoms with van der Waals surface area (Å²) in [4.78, 5) is 23.6. The fraction of sp³-hybridized carbons (Fsp3) is 0.0625. The second kappa shape index (κ2) is 6.45. The largest absolute Gasteiger partial charge is 0.368 e. The Morgan fingerprint density at radius 3 is 2.83 bits per heavy atom. The van der Waals surface area contributed by atoms with Gasteiger partial charge in [0.25, 0.3) is 5.91 Å². The van der Waals surface area contributed by atoms with E-state index < -0.39 is 5.91 Å². The van der Waals surface area contributed by atoms with E-state index in [2.05, 4.69) is 10.5 Å². The summed E-state index contributed by atoms with van der Waals surface area (Å²) in [6.45, 7) is 0.0932. The second-order valence-electron chi connectivity index (χ2n) is 4.87. The highest BCUT2D eigenvalue weighted by Crippen LogP contribution is 2.19. The first-order chi connectivity index (χ1) is 11.1. The van der Waals surface area contributed by atoms with Gasteiger partial charge in [-0.05, 0) is 17.5 Å². The SMILES string of the molecule is NC(=O)Cn1cc(C=NNC(=O)c2cccs2)c2ccccc21. The number of primary amides is 1. The number of hydrazone groups is 1. The summed E-state index contributed by atoms with van der Waals surface area (Å²) < 4.78 is 1.76. The van der Waals surface area contributed by atoms with Crippen LogP contribution in [0.2, 0.25) is 0 Å². The van der Waals surface area contributed by atoms with Crippen molar-refractivity contribution in [1.29, 1.82) is 0 Å². The fourth-order valence-corrected chi connectivity index (χ4v) is 2.91. The molecule has 2 heterocycles. The fourth-order valence-electron chi connectivity index (χ4n) is 2.30. The van der Waals surface area contributed by atoms with Crippen LogP contribution in [0.5, 0.6) is 0 Å². The van der Waals surface area contributed by atoms with Gasteiger partial charge in [-0.2, -0.15) is 5.10 Å². The zero-order chi connectivity index (χ0) is 16.2. The van der Waals surface area contributed by atoms with Crippen molar-refractivity contribution in [2.45, 2.75) is 6.54 Å². The summed E-state index contributed by atoms with van der Waals surface area (Å²) in [7, 11) is 0. The number of carbonyl (C=O) groups is 2. The lowest BCUT2D eigenvalue weighted by Crippen LogP contribution is -2.18. The Labute approximate surface area is 136 Å². The Bertz CT molecular complexity index is 881. The molecule has 3 rings (SSSR count). The van der Waals surface area contributed by atoms with E-state index in [4.69, 9.17) is 5.73 Å². The van der Waals surface area contributed by atoms with Crippen LogP contribution in [0.3, 0.4) is 0 Å². The molecule has 0 spiro atoms. The number of nitrogens with one attached hydrogen (secondary N) is 1. The van der Waals surface area contributed by atoms with E-state index in [0.29, 0.717) is 4.88 Å². The highest BCUT2D eigenvalue weighted by Gasteiger charge is 2.08. The number of hydrogen-bond donors (Lipinski definition) is 2. The van der Waals surface area contributed by atoms with Gasteiger partial charge in [0.05, 0.1) is 11.1 Å². The number of amides is 2. The minimum Gasteiger partial charge on any atom is -0.368 e. The number of hydrogen-bond acceptors (Lipinski definition) is 4. The molecule has 1 aromatic carbocycles. The molecule has 0 fully saturated rings. The van der Waals surface area contributed by atoms with Crippen molar-refractivity contribution in [1.82, 2.24) is 9.99 Å². The third-order valence-electron chi connectivity index (χ3n) is 3.26. The molecule has 0 saturated carbocycles. The second-order valence-corrected chi connectivity index (χ2v) is 5.82. The first-order valence-corrected chi connectivity index (χ1v) is 7.76. The van der Waals surface area contributed by atoms with Gasteiger partial charge in [-0.1, -0.05) is 24.3 Å². The molecule has 3 N–H and O–H groups in total. The molecule has 2 aromatic heterocycles. The molecule has 0 atom stereocenters. The van der Waals surface area contributed by atoms with Gasteiger partial charge in [-0.25, -0.2) is 5.43 Å². The molecule has 0 radical (unpaired) electrons. The number of nitrogens with zero attached hydrogens (tertiary/aromatic N) is 2. The smallest absolute Gasteiger partial charge is 0.281 e. The Hall–Kier alpha value is -2.93. The molecular formula is C16H14N4O2S. The van der Waals surface area contributed by atoms with Crippen LogP contribution in [0.4, 0.5) is 0 Å². The predicted molar refractivity (Wildman–Crippen MR) is 90.5 cm³/mol. The summed E-state index contributed by atoms with van der Waals surface area (Å²) in [5, 5.41) is 6.76. The van der Waals surface area contributed by atoms with Gasteiger partial charge in [0.15, 0.2) is 0 Å².